The zero-order valence-electron chi connectivity index (χ0n) is 12.5. The molecule has 2 fully saturated rings. The molecule has 2 saturated carbocycles. The summed E-state index contributed by atoms with van der Waals surface area (Å²) < 4.78 is 2.23. The van der Waals surface area contributed by atoms with E-state index < -0.39 is 0 Å². The molecule has 2 N–H and O–H groups in total. The maximum atomic E-state index is 6.44. The van der Waals surface area contributed by atoms with Crippen molar-refractivity contribution in [1.82, 2.24) is 9.55 Å². The van der Waals surface area contributed by atoms with Crippen molar-refractivity contribution in [2.24, 2.45) is 0 Å². The first-order chi connectivity index (χ1) is 9.81. The fourth-order valence-electron chi connectivity index (χ4n) is 4.00. The third-order valence-electron chi connectivity index (χ3n) is 5.09. The van der Waals surface area contributed by atoms with Crippen molar-refractivity contribution in [3.05, 3.63) is 24.2 Å². The molecule has 0 amide bonds. The number of nitrogen functional groups attached to an aromatic ring is 1. The molecule has 0 spiro atoms. The molecule has 1 aromatic rings. The highest BCUT2D eigenvalue weighted by Gasteiger charge is 2.28. The smallest absolute Gasteiger partial charge is 0.127 e. The minimum absolute atomic E-state index is 0.593. The summed E-state index contributed by atoms with van der Waals surface area (Å²) in [7, 11) is 0. The average molecular weight is 273 g/mol. The highest BCUT2D eigenvalue weighted by Crippen LogP contribution is 2.39. The van der Waals surface area contributed by atoms with E-state index in [1.54, 1.807) is 0 Å². The standard InChI is InChI=1S/C17H27N3/c1-2-12-20-16(18)15(13-8-4-3-5-9-13)19-17(20)14-10-6-7-11-14/h2,13-14H,1,3-12,18H2. The lowest BCUT2D eigenvalue weighted by Crippen LogP contribution is -2.10. The summed E-state index contributed by atoms with van der Waals surface area (Å²) in [5, 5.41) is 0. The summed E-state index contributed by atoms with van der Waals surface area (Å²) in [6.45, 7) is 4.69. The van der Waals surface area contributed by atoms with Crippen molar-refractivity contribution in [2.75, 3.05) is 5.73 Å². The lowest BCUT2D eigenvalue weighted by atomic mass is 9.87. The van der Waals surface area contributed by atoms with Crippen molar-refractivity contribution >= 4 is 5.82 Å². The van der Waals surface area contributed by atoms with Crippen LogP contribution in [0.2, 0.25) is 0 Å². The van der Waals surface area contributed by atoms with Gasteiger partial charge in [0.05, 0.1) is 5.69 Å². The highest BCUT2D eigenvalue weighted by molar-refractivity contribution is 5.42. The van der Waals surface area contributed by atoms with Crippen molar-refractivity contribution in [1.29, 1.82) is 0 Å². The van der Waals surface area contributed by atoms with E-state index in [4.69, 9.17) is 10.7 Å². The molecule has 3 rings (SSSR count). The topological polar surface area (TPSA) is 43.8 Å². The van der Waals surface area contributed by atoms with Gasteiger partial charge in [0.1, 0.15) is 11.6 Å². The fraction of sp³-hybridized carbons (Fsp3) is 0.706. The Bertz CT molecular complexity index is 463. The number of anilines is 1. The quantitative estimate of drug-likeness (QED) is 0.828. The molecule has 20 heavy (non-hydrogen) atoms. The summed E-state index contributed by atoms with van der Waals surface area (Å²) in [4.78, 5) is 5.02. The molecule has 0 atom stereocenters. The molecule has 0 saturated heterocycles. The monoisotopic (exact) mass is 273 g/mol. The summed E-state index contributed by atoms with van der Waals surface area (Å²) in [6.07, 6.45) is 13.7. The Labute approximate surface area is 122 Å². The number of hydrogen-bond acceptors (Lipinski definition) is 2. The third-order valence-corrected chi connectivity index (χ3v) is 5.09. The molecular formula is C17H27N3. The molecule has 0 bridgehead atoms. The van der Waals surface area contributed by atoms with E-state index in [-0.39, 0.29) is 0 Å². The Morgan fingerprint density at radius 1 is 1.05 bits per heavy atom. The van der Waals surface area contributed by atoms with Gasteiger partial charge in [-0.25, -0.2) is 4.98 Å². The molecule has 2 aliphatic rings. The normalized spacial score (nSPS) is 21.4. The molecule has 110 valence electrons. The van der Waals surface area contributed by atoms with Gasteiger partial charge in [0, 0.05) is 18.4 Å². The lowest BCUT2D eigenvalue weighted by Gasteiger charge is -2.20. The van der Waals surface area contributed by atoms with Crippen LogP contribution in [0.1, 0.15) is 81.1 Å². The zero-order chi connectivity index (χ0) is 13.9. The van der Waals surface area contributed by atoms with Crippen LogP contribution in [-0.4, -0.2) is 9.55 Å². The van der Waals surface area contributed by atoms with Crippen LogP contribution < -0.4 is 5.73 Å². The van der Waals surface area contributed by atoms with Crippen LogP contribution in [0.4, 0.5) is 5.82 Å². The van der Waals surface area contributed by atoms with Gasteiger partial charge in [0.2, 0.25) is 0 Å². The van der Waals surface area contributed by atoms with E-state index in [2.05, 4.69) is 11.1 Å². The lowest BCUT2D eigenvalue weighted by molar-refractivity contribution is 0.438. The number of nitrogens with zero attached hydrogens (tertiary/aromatic N) is 2. The first-order valence-electron chi connectivity index (χ1n) is 8.28. The summed E-state index contributed by atoms with van der Waals surface area (Å²) >= 11 is 0. The van der Waals surface area contributed by atoms with Gasteiger partial charge < -0.3 is 10.3 Å². The summed E-state index contributed by atoms with van der Waals surface area (Å²) in [5.74, 6) is 3.36. The molecule has 3 heteroatoms. The van der Waals surface area contributed by atoms with Crippen LogP contribution in [-0.2, 0) is 6.54 Å². The molecule has 1 heterocycles. The number of nitrogens with two attached hydrogens (primary N) is 1. The van der Waals surface area contributed by atoms with Crippen molar-refractivity contribution < 1.29 is 0 Å². The molecule has 1 aromatic heterocycles. The van der Waals surface area contributed by atoms with Gasteiger partial charge in [0.25, 0.3) is 0 Å². The number of allylic oxidation sites excluding steroid dienone is 1. The van der Waals surface area contributed by atoms with Crippen molar-refractivity contribution in [3.63, 3.8) is 0 Å². The van der Waals surface area contributed by atoms with Crippen LogP contribution in [0.15, 0.2) is 12.7 Å². The van der Waals surface area contributed by atoms with Crippen LogP contribution in [0.5, 0.6) is 0 Å². The fourth-order valence-corrected chi connectivity index (χ4v) is 4.00. The van der Waals surface area contributed by atoms with Gasteiger partial charge in [0.15, 0.2) is 0 Å². The number of imidazole rings is 1. The SMILES string of the molecule is C=CCn1c(C2CCCC2)nc(C2CCCCC2)c1N. The predicted molar refractivity (Wildman–Crippen MR) is 83.9 cm³/mol. The molecule has 3 nitrogen and oxygen atoms in total. The molecule has 0 unspecified atom stereocenters. The minimum Gasteiger partial charge on any atom is -0.384 e. The number of rotatable bonds is 4. The summed E-state index contributed by atoms with van der Waals surface area (Å²) in [5.41, 5.74) is 7.63. The third kappa shape index (κ3) is 2.50. The predicted octanol–water partition coefficient (Wildman–Crippen LogP) is 4.36. The van der Waals surface area contributed by atoms with Gasteiger partial charge in [-0.1, -0.05) is 38.2 Å². The highest BCUT2D eigenvalue weighted by atomic mass is 15.1. The minimum atomic E-state index is 0.593. The van der Waals surface area contributed by atoms with Gasteiger partial charge in [-0.15, -0.1) is 6.58 Å². The average Bonchev–Trinajstić information content (AvgIpc) is 3.10. The van der Waals surface area contributed by atoms with Gasteiger partial charge in [-0.2, -0.15) is 0 Å². The largest absolute Gasteiger partial charge is 0.384 e. The van der Waals surface area contributed by atoms with E-state index in [0.717, 1.165) is 12.4 Å². The Kier molecular flexibility index (Phi) is 4.13. The molecule has 2 aliphatic carbocycles. The first-order valence-corrected chi connectivity index (χ1v) is 8.28. The molecular weight excluding hydrogens is 246 g/mol. The Morgan fingerprint density at radius 3 is 2.30 bits per heavy atom. The van der Waals surface area contributed by atoms with Crippen molar-refractivity contribution in [3.8, 4) is 0 Å². The van der Waals surface area contributed by atoms with Gasteiger partial charge in [-0.05, 0) is 25.7 Å². The Hall–Kier alpha value is -1.25. The Balaban J connectivity index is 1.93. The first kappa shape index (κ1) is 13.7. The summed E-state index contributed by atoms with van der Waals surface area (Å²) in [6, 6.07) is 0. The molecule has 0 aromatic carbocycles. The van der Waals surface area contributed by atoms with E-state index in [9.17, 15) is 0 Å². The van der Waals surface area contributed by atoms with Crippen LogP contribution in [0.25, 0.3) is 0 Å². The van der Waals surface area contributed by atoms with Crippen LogP contribution >= 0.6 is 0 Å². The second-order valence-electron chi connectivity index (χ2n) is 6.46. The van der Waals surface area contributed by atoms with E-state index >= 15 is 0 Å². The zero-order valence-corrected chi connectivity index (χ0v) is 12.5. The van der Waals surface area contributed by atoms with Crippen LogP contribution in [0.3, 0.4) is 0 Å². The van der Waals surface area contributed by atoms with E-state index in [1.807, 2.05) is 6.08 Å². The maximum Gasteiger partial charge on any atom is 0.127 e. The maximum absolute atomic E-state index is 6.44. The Morgan fingerprint density at radius 2 is 1.65 bits per heavy atom. The second-order valence-corrected chi connectivity index (χ2v) is 6.46. The van der Waals surface area contributed by atoms with Gasteiger partial charge >= 0.3 is 0 Å². The second kappa shape index (κ2) is 6.02. The number of aromatic nitrogens is 2. The van der Waals surface area contributed by atoms with E-state index in [0.29, 0.717) is 11.8 Å². The molecule has 0 aliphatic heterocycles. The van der Waals surface area contributed by atoms with E-state index in [1.165, 1.54) is 69.3 Å². The van der Waals surface area contributed by atoms with Crippen molar-refractivity contribution in [2.45, 2.75) is 76.2 Å². The number of hydrogen-bond donors (Lipinski definition) is 1. The van der Waals surface area contributed by atoms with Crippen LogP contribution in [0, 0.1) is 0 Å². The molecule has 0 radical (unpaired) electrons. The van der Waals surface area contributed by atoms with Gasteiger partial charge in [-0.3, -0.25) is 0 Å².